The van der Waals surface area contributed by atoms with Crippen molar-refractivity contribution in [3.05, 3.63) is 71.2 Å². The minimum atomic E-state index is -4.73. The predicted molar refractivity (Wildman–Crippen MR) is 98.9 cm³/mol. The van der Waals surface area contributed by atoms with Crippen molar-refractivity contribution in [2.75, 3.05) is 5.32 Å². The predicted octanol–water partition coefficient (Wildman–Crippen LogP) is 5.24. The number of carbonyl (C=O) groups is 1. The van der Waals surface area contributed by atoms with Gasteiger partial charge >= 0.3 is 6.18 Å². The van der Waals surface area contributed by atoms with Gasteiger partial charge in [0.25, 0.3) is 5.91 Å². The molecule has 0 aromatic heterocycles. The molecule has 1 aliphatic carbocycles. The molecule has 3 rings (SSSR count). The molecular formula is C20H15F6N3O. The van der Waals surface area contributed by atoms with Crippen LogP contribution in [-0.2, 0) is 0 Å². The van der Waals surface area contributed by atoms with Crippen LogP contribution in [0.25, 0.3) is 0 Å². The Labute approximate surface area is 167 Å². The molecule has 0 spiro atoms. The van der Waals surface area contributed by atoms with E-state index in [9.17, 15) is 31.1 Å². The fourth-order valence-electron chi connectivity index (χ4n) is 2.53. The maximum Gasteiger partial charge on any atom is 0.430 e. The fraction of sp³-hybridized carbons (Fsp3) is 0.200. The lowest BCUT2D eigenvalue weighted by atomic mass is 10.1. The van der Waals surface area contributed by atoms with Gasteiger partial charge in [0, 0.05) is 17.2 Å². The second-order valence-electron chi connectivity index (χ2n) is 6.63. The summed E-state index contributed by atoms with van der Waals surface area (Å²) in [6.45, 7) is 0. The number of nitrogens with two attached hydrogens (primary N) is 1. The van der Waals surface area contributed by atoms with Gasteiger partial charge in [-0.15, -0.1) is 0 Å². The van der Waals surface area contributed by atoms with Crippen LogP contribution >= 0.6 is 0 Å². The van der Waals surface area contributed by atoms with Crippen molar-refractivity contribution in [2.45, 2.75) is 19.0 Å². The average molecular weight is 427 g/mol. The lowest BCUT2D eigenvalue weighted by Crippen LogP contribution is -2.21. The van der Waals surface area contributed by atoms with Crippen LogP contribution in [0.2, 0.25) is 0 Å². The number of carbonyl (C=O) groups excluding carboxylic acids is 1. The smallest absolute Gasteiger partial charge is 0.395 e. The molecule has 0 unspecified atom stereocenters. The van der Waals surface area contributed by atoms with Crippen molar-refractivity contribution in [3.8, 4) is 0 Å². The second-order valence-corrected chi connectivity index (χ2v) is 6.63. The number of hydrogen-bond donors (Lipinski definition) is 2. The van der Waals surface area contributed by atoms with E-state index in [1.54, 1.807) is 0 Å². The topological polar surface area (TPSA) is 67.5 Å². The number of nitrogens with zero attached hydrogens (tertiary/aromatic N) is 1. The number of halogens is 6. The third kappa shape index (κ3) is 5.00. The summed E-state index contributed by atoms with van der Waals surface area (Å²) in [5, 5.41) is 2.12. The quantitative estimate of drug-likeness (QED) is 0.506. The first-order chi connectivity index (χ1) is 14.1. The summed E-state index contributed by atoms with van der Waals surface area (Å²) in [5.41, 5.74) is 2.74. The van der Waals surface area contributed by atoms with Crippen LogP contribution in [0.15, 0.2) is 53.2 Å². The highest BCUT2D eigenvalue weighted by Crippen LogP contribution is 2.34. The average Bonchev–Trinajstić information content (AvgIpc) is 3.50. The Hall–Kier alpha value is -3.30. The van der Waals surface area contributed by atoms with E-state index in [1.165, 1.54) is 6.07 Å². The van der Waals surface area contributed by atoms with Gasteiger partial charge in [-0.25, -0.2) is 13.2 Å². The maximum atomic E-state index is 14.4. The first-order valence-corrected chi connectivity index (χ1v) is 8.74. The molecule has 2 aromatic carbocycles. The van der Waals surface area contributed by atoms with Gasteiger partial charge in [0.2, 0.25) is 0 Å². The molecule has 1 fully saturated rings. The zero-order valence-corrected chi connectivity index (χ0v) is 15.2. The van der Waals surface area contributed by atoms with Gasteiger partial charge in [0.05, 0.1) is 11.4 Å². The zero-order valence-electron chi connectivity index (χ0n) is 15.2. The van der Waals surface area contributed by atoms with Gasteiger partial charge in [-0.05, 0) is 49.2 Å². The SMILES string of the molecule is NC(=CC(=Nc1ccc(C(=O)Nc2cccc(F)c2F)cc1F)C1CC1)C(F)(F)F. The van der Waals surface area contributed by atoms with Crippen LogP contribution in [0.4, 0.5) is 37.7 Å². The molecule has 1 aliphatic rings. The number of aliphatic imine (C=N–C) groups is 1. The first kappa shape index (κ1) is 21.4. The minimum absolute atomic E-state index is 0.0113. The summed E-state index contributed by atoms with van der Waals surface area (Å²) in [6.07, 6.45) is -2.86. The van der Waals surface area contributed by atoms with E-state index < -0.39 is 40.9 Å². The summed E-state index contributed by atoms with van der Waals surface area (Å²) >= 11 is 0. The van der Waals surface area contributed by atoms with Crippen LogP contribution in [0.5, 0.6) is 0 Å². The van der Waals surface area contributed by atoms with E-state index in [1.807, 2.05) is 0 Å². The van der Waals surface area contributed by atoms with Gasteiger partial charge in [0.15, 0.2) is 11.6 Å². The third-order valence-corrected chi connectivity index (χ3v) is 4.29. The highest BCUT2D eigenvalue weighted by Gasteiger charge is 2.34. The molecule has 10 heteroatoms. The number of allylic oxidation sites excluding steroid dienone is 2. The van der Waals surface area contributed by atoms with E-state index in [0.717, 1.165) is 30.3 Å². The molecule has 0 saturated heterocycles. The summed E-state index contributed by atoms with van der Waals surface area (Å²) in [4.78, 5) is 16.1. The number of benzene rings is 2. The lowest BCUT2D eigenvalue weighted by Gasteiger charge is -2.09. The third-order valence-electron chi connectivity index (χ3n) is 4.29. The first-order valence-electron chi connectivity index (χ1n) is 8.74. The van der Waals surface area contributed by atoms with Gasteiger partial charge in [0.1, 0.15) is 11.5 Å². The molecule has 0 bridgehead atoms. The van der Waals surface area contributed by atoms with E-state index >= 15 is 0 Å². The number of amides is 1. The molecule has 0 aliphatic heterocycles. The number of rotatable bonds is 5. The molecule has 158 valence electrons. The van der Waals surface area contributed by atoms with Gasteiger partial charge < -0.3 is 11.1 Å². The maximum absolute atomic E-state index is 14.4. The Balaban J connectivity index is 1.84. The summed E-state index contributed by atoms with van der Waals surface area (Å²) in [6, 6.07) is 6.25. The van der Waals surface area contributed by atoms with Crippen LogP contribution in [0.3, 0.4) is 0 Å². The molecule has 30 heavy (non-hydrogen) atoms. The van der Waals surface area contributed by atoms with Crippen molar-refractivity contribution in [1.29, 1.82) is 0 Å². The highest BCUT2D eigenvalue weighted by atomic mass is 19.4. The van der Waals surface area contributed by atoms with Crippen LogP contribution in [0, 0.1) is 23.4 Å². The van der Waals surface area contributed by atoms with Crippen LogP contribution in [0.1, 0.15) is 23.2 Å². The van der Waals surface area contributed by atoms with Crippen molar-refractivity contribution >= 4 is 23.0 Å². The summed E-state index contributed by atoms with van der Waals surface area (Å²) in [7, 11) is 0. The number of nitrogens with one attached hydrogen (secondary N) is 1. The summed E-state index contributed by atoms with van der Waals surface area (Å²) < 4.78 is 79.3. The van der Waals surface area contributed by atoms with Crippen molar-refractivity contribution in [3.63, 3.8) is 0 Å². The Morgan fingerprint density at radius 2 is 1.80 bits per heavy atom. The Morgan fingerprint density at radius 1 is 1.10 bits per heavy atom. The van der Waals surface area contributed by atoms with Crippen LogP contribution in [-0.4, -0.2) is 17.8 Å². The molecular weight excluding hydrogens is 412 g/mol. The molecule has 0 heterocycles. The van der Waals surface area contributed by atoms with E-state index in [0.29, 0.717) is 18.9 Å². The molecule has 1 saturated carbocycles. The van der Waals surface area contributed by atoms with Crippen molar-refractivity contribution in [2.24, 2.45) is 16.6 Å². The number of alkyl halides is 3. The Morgan fingerprint density at radius 3 is 2.40 bits per heavy atom. The molecule has 2 aromatic rings. The van der Waals surface area contributed by atoms with Crippen LogP contribution < -0.4 is 11.1 Å². The number of anilines is 1. The molecule has 1 amide bonds. The molecule has 4 nitrogen and oxygen atoms in total. The molecule has 0 radical (unpaired) electrons. The molecule has 0 atom stereocenters. The monoisotopic (exact) mass is 427 g/mol. The van der Waals surface area contributed by atoms with Gasteiger partial charge in [-0.1, -0.05) is 6.07 Å². The molecule has 3 N–H and O–H groups in total. The Bertz CT molecular complexity index is 1040. The second kappa shape index (κ2) is 8.21. The van der Waals surface area contributed by atoms with E-state index in [4.69, 9.17) is 5.73 Å². The van der Waals surface area contributed by atoms with E-state index in [-0.39, 0.29) is 22.9 Å². The standard InChI is InChI=1S/C20H15F6N3O/c21-12-2-1-3-15(18(12)23)29-19(30)11-6-7-14(13(22)8-11)28-16(10-4-5-10)9-17(27)20(24,25)26/h1-3,6-10H,4-5,27H2,(H,29,30). The summed E-state index contributed by atoms with van der Waals surface area (Å²) in [5.74, 6) is -4.57. The van der Waals surface area contributed by atoms with Crippen molar-refractivity contribution in [1.82, 2.24) is 0 Å². The Kier molecular flexibility index (Phi) is 5.86. The number of hydrogen-bond acceptors (Lipinski definition) is 3. The van der Waals surface area contributed by atoms with Gasteiger partial charge in [-0.3, -0.25) is 9.79 Å². The normalized spacial score (nSPS) is 15.3. The van der Waals surface area contributed by atoms with Gasteiger partial charge in [-0.2, -0.15) is 13.2 Å². The zero-order chi connectivity index (χ0) is 22.1. The van der Waals surface area contributed by atoms with Crippen molar-refractivity contribution < 1.29 is 31.1 Å². The minimum Gasteiger partial charge on any atom is -0.395 e. The lowest BCUT2D eigenvalue weighted by molar-refractivity contribution is -0.0925. The van der Waals surface area contributed by atoms with E-state index in [2.05, 4.69) is 10.3 Å². The highest BCUT2D eigenvalue weighted by molar-refractivity contribution is 6.05. The largest absolute Gasteiger partial charge is 0.430 e. The fourth-order valence-corrected chi connectivity index (χ4v) is 2.53.